The maximum absolute atomic E-state index is 13.5. The molecule has 7 heteroatoms. The van der Waals surface area contributed by atoms with E-state index in [9.17, 15) is 14.0 Å². The number of carbonyl (C=O) groups is 2. The van der Waals surface area contributed by atoms with Crippen LogP contribution in [0.3, 0.4) is 0 Å². The van der Waals surface area contributed by atoms with Crippen molar-refractivity contribution < 1.29 is 23.5 Å². The molecule has 3 rings (SSSR count). The van der Waals surface area contributed by atoms with Gasteiger partial charge < -0.3 is 20.1 Å². The van der Waals surface area contributed by atoms with Crippen LogP contribution in [0.4, 0.5) is 15.8 Å². The maximum Gasteiger partial charge on any atom is 0.262 e. The van der Waals surface area contributed by atoms with Crippen molar-refractivity contribution in [2.45, 2.75) is 6.92 Å². The lowest BCUT2D eigenvalue weighted by molar-refractivity contribution is -0.118. The molecule has 0 spiro atoms. The molecule has 0 aliphatic heterocycles. The van der Waals surface area contributed by atoms with Crippen LogP contribution in [0.25, 0.3) is 0 Å². The van der Waals surface area contributed by atoms with Gasteiger partial charge in [0.05, 0.1) is 6.61 Å². The van der Waals surface area contributed by atoms with Crippen LogP contribution in [0.5, 0.6) is 11.5 Å². The van der Waals surface area contributed by atoms with Gasteiger partial charge in [0.2, 0.25) is 0 Å². The Morgan fingerprint density at radius 2 is 1.47 bits per heavy atom. The highest BCUT2D eigenvalue weighted by atomic mass is 19.1. The Hall–Kier alpha value is -3.87. The highest BCUT2D eigenvalue weighted by Gasteiger charge is 2.09. The first-order chi connectivity index (χ1) is 14.5. The van der Waals surface area contributed by atoms with E-state index >= 15 is 0 Å². The number of hydrogen-bond acceptors (Lipinski definition) is 4. The second-order valence-electron chi connectivity index (χ2n) is 6.26. The van der Waals surface area contributed by atoms with Gasteiger partial charge in [0, 0.05) is 16.9 Å². The predicted octanol–water partition coefficient (Wildman–Crippen LogP) is 4.49. The van der Waals surface area contributed by atoms with E-state index in [1.807, 2.05) is 6.92 Å². The van der Waals surface area contributed by atoms with E-state index in [0.29, 0.717) is 23.5 Å². The summed E-state index contributed by atoms with van der Waals surface area (Å²) in [5, 5.41) is 5.43. The minimum Gasteiger partial charge on any atom is -0.494 e. The standard InChI is InChI=1S/C23H21FN2O4/c1-2-29-19-13-11-18(12-14-19)26-23(28)16-7-9-17(10-8-16)25-22(27)15-30-21-6-4-3-5-20(21)24/h3-14H,2,15H2,1H3,(H,25,27)(H,26,28). The molecule has 0 saturated heterocycles. The number of rotatable bonds is 8. The van der Waals surface area contributed by atoms with Crippen molar-refractivity contribution in [1.82, 2.24) is 0 Å². The third-order valence-corrected chi connectivity index (χ3v) is 4.05. The quantitative estimate of drug-likeness (QED) is 0.576. The summed E-state index contributed by atoms with van der Waals surface area (Å²) in [6.45, 7) is 2.14. The largest absolute Gasteiger partial charge is 0.494 e. The zero-order chi connectivity index (χ0) is 21.3. The van der Waals surface area contributed by atoms with Gasteiger partial charge in [0.25, 0.3) is 11.8 Å². The monoisotopic (exact) mass is 408 g/mol. The van der Waals surface area contributed by atoms with Gasteiger partial charge in [-0.2, -0.15) is 0 Å². The van der Waals surface area contributed by atoms with Gasteiger partial charge >= 0.3 is 0 Å². The van der Waals surface area contributed by atoms with Crippen molar-refractivity contribution in [3.05, 3.63) is 84.2 Å². The highest BCUT2D eigenvalue weighted by Crippen LogP contribution is 2.18. The Labute approximate surface area is 173 Å². The number of carbonyl (C=O) groups excluding carboxylic acids is 2. The van der Waals surface area contributed by atoms with Crippen molar-refractivity contribution in [3.8, 4) is 11.5 Å². The number of amides is 2. The second-order valence-corrected chi connectivity index (χ2v) is 6.26. The molecule has 2 amide bonds. The number of halogens is 1. The Balaban J connectivity index is 1.51. The molecule has 0 unspecified atom stereocenters. The van der Waals surface area contributed by atoms with Crippen LogP contribution in [0.1, 0.15) is 17.3 Å². The fraction of sp³-hybridized carbons (Fsp3) is 0.130. The SMILES string of the molecule is CCOc1ccc(NC(=O)c2ccc(NC(=O)COc3ccccc3F)cc2)cc1. The molecule has 0 saturated carbocycles. The highest BCUT2D eigenvalue weighted by molar-refractivity contribution is 6.04. The van der Waals surface area contributed by atoms with Crippen molar-refractivity contribution in [3.63, 3.8) is 0 Å². The Morgan fingerprint density at radius 1 is 0.833 bits per heavy atom. The Morgan fingerprint density at radius 3 is 2.13 bits per heavy atom. The molecule has 0 heterocycles. The molecule has 30 heavy (non-hydrogen) atoms. The molecular formula is C23H21FN2O4. The molecule has 0 radical (unpaired) electrons. The first kappa shape index (κ1) is 20.9. The van der Waals surface area contributed by atoms with Crippen molar-refractivity contribution >= 4 is 23.2 Å². The second kappa shape index (κ2) is 10.1. The van der Waals surface area contributed by atoms with Crippen molar-refractivity contribution in [2.24, 2.45) is 0 Å². The maximum atomic E-state index is 13.5. The molecule has 0 aliphatic rings. The van der Waals surface area contributed by atoms with E-state index in [1.165, 1.54) is 18.2 Å². The van der Waals surface area contributed by atoms with Crippen LogP contribution in [0.2, 0.25) is 0 Å². The topological polar surface area (TPSA) is 76.7 Å². The van der Waals surface area contributed by atoms with Crippen LogP contribution in [-0.4, -0.2) is 25.0 Å². The lowest BCUT2D eigenvalue weighted by atomic mass is 10.2. The van der Waals surface area contributed by atoms with Crippen LogP contribution in [0.15, 0.2) is 72.8 Å². The Kier molecular flexibility index (Phi) is 7.00. The zero-order valence-corrected chi connectivity index (χ0v) is 16.4. The number of nitrogens with one attached hydrogen (secondary N) is 2. The summed E-state index contributed by atoms with van der Waals surface area (Å²) in [4.78, 5) is 24.3. The number of anilines is 2. The molecule has 0 fully saturated rings. The lowest BCUT2D eigenvalue weighted by Gasteiger charge is -2.09. The van der Waals surface area contributed by atoms with Crippen LogP contribution in [0, 0.1) is 5.82 Å². The number of hydrogen-bond donors (Lipinski definition) is 2. The summed E-state index contributed by atoms with van der Waals surface area (Å²) >= 11 is 0. The minimum atomic E-state index is -0.534. The van der Waals surface area contributed by atoms with Crippen LogP contribution >= 0.6 is 0 Å². The van der Waals surface area contributed by atoms with Crippen LogP contribution in [-0.2, 0) is 4.79 Å². The summed E-state index contributed by atoms with van der Waals surface area (Å²) in [6, 6.07) is 19.3. The molecule has 6 nitrogen and oxygen atoms in total. The van der Waals surface area contributed by atoms with Gasteiger partial charge in [0.15, 0.2) is 18.2 Å². The summed E-state index contributed by atoms with van der Waals surface area (Å²) in [6.07, 6.45) is 0. The fourth-order valence-corrected chi connectivity index (χ4v) is 2.61. The van der Waals surface area contributed by atoms with Gasteiger partial charge in [-0.05, 0) is 67.6 Å². The van der Waals surface area contributed by atoms with E-state index in [1.54, 1.807) is 54.6 Å². The smallest absolute Gasteiger partial charge is 0.262 e. The zero-order valence-electron chi connectivity index (χ0n) is 16.4. The van der Waals surface area contributed by atoms with E-state index < -0.39 is 11.7 Å². The summed E-state index contributed by atoms with van der Waals surface area (Å²) in [5.74, 6) is -0.513. The van der Waals surface area contributed by atoms with E-state index in [0.717, 1.165) is 5.75 Å². The number of para-hydroxylation sites is 1. The van der Waals surface area contributed by atoms with Gasteiger partial charge in [-0.15, -0.1) is 0 Å². The van der Waals surface area contributed by atoms with Gasteiger partial charge in [0.1, 0.15) is 5.75 Å². The summed E-state index contributed by atoms with van der Waals surface area (Å²) in [7, 11) is 0. The molecule has 154 valence electrons. The lowest BCUT2D eigenvalue weighted by Crippen LogP contribution is -2.20. The van der Waals surface area contributed by atoms with Crippen LogP contribution < -0.4 is 20.1 Å². The summed E-state index contributed by atoms with van der Waals surface area (Å²) in [5.41, 5.74) is 1.57. The van der Waals surface area contributed by atoms with E-state index in [4.69, 9.17) is 9.47 Å². The molecule has 3 aromatic carbocycles. The van der Waals surface area contributed by atoms with Crippen molar-refractivity contribution in [2.75, 3.05) is 23.8 Å². The predicted molar refractivity (Wildman–Crippen MR) is 113 cm³/mol. The van der Waals surface area contributed by atoms with E-state index in [-0.39, 0.29) is 18.3 Å². The normalized spacial score (nSPS) is 10.2. The first-order valence-corrected chi connectivity index (χ1v) is 9.36. The molecule has 0 aromatic heterocycles. The Bertz CT molecular complexity index is 1000. The van der Waals surface area contributed by atoms with Gasteiger partial charge in [-0.1, -0.05) is 12.1 Å². The third kappa shape index (κ3) is 5.81. The molecule has 2 N–H and O–H groups in total. The molecular weight excluding hydrogens is 387 g/mol. The fourth-order valence-electron chi connectivity index (χ4n) is 2.61. The molecule has 0 bridgehead atoms. The van der Waals surface area contributed by atoms with Gasteiger partial charge in [-0.3, -0.25) is 9.59 Å². The van der Waals surface area contributed by atoms with Gasteiger partial charge in [-0.25, -0.2) is 4.39 Å². The number of ether oxygens (including phenoxy) is 2. The molecule has 0 aliphatic carbocycles. The first-order valence-electron chi connectivity index (χ1n) is 9.36. The molecule has 0 atom stereocenters. The van der Waals surface area contributed by atoms with Crippen molar-refractivity contribution in [1.29, 1.82) is 0 Å². The average Bonchev–Trinajstić information content (AvgIpc) is 2.75. The average molecular weight is 408 g/mol. The minimum absolute atomic E-state index is 0.00829. The number of benzene rings is 3. The summed E-state index contributed by atoms with van der Waals surface area (Å²) < 4.78 is 24.0. The third-order valence-electron chi connectivity index (χ3n) is 4.05. The van der Waals surface area contributed by atoms with E-state index in [2.05, 4.69) is 10.6 Å². The molecule has 3 aromatic rings.